The first kappa shape index (κ1) is 15.8. The molecule has 1 N–H and O–H groups in total. The van der Waals surface area contributed by atoms with Gasteiger partial charge in [0.1, 0.15) is 5.60 Å². The lowest BCUT2D eigenvalue weighted by Gasteiger charge is -2.22. The summed E-state index contributed by atoms with van der Waals surface area (Å²) in [5.74, 6) is 1.36. The predicted molar refractivity (Wildman–Crippen MR) is 88.7 cm³/mol. The lowest BCUT2D eigenvalue weighted by molar-refractivity contribution is 0.126. The number of ether oxygens (including phenoxy) is 1. The van der Waals surface area contributed by atoms with Crippen molar-refractivity contribution in [3.63, 3.8) is 0 Å². The van der Waals surface area contributed by atoms with Gasteiger partial charge in [0, 0.05) is 11.9 Å². The molecule has 114 valence electrons. The van der Waals surface area contributed by atoms with E-state index in [0.717, 1.165) is 30.0 Å². The highest BCUT2D eigenvalue weighted by atomic mass is 16.5. The van der Waals surface area contributed by atoms with Crippen LogP contribution in [0.15, 0.2) is 30.3 Å². The molecular formula is C18H26N2O. The molecule has 1 aromatic heterocycles. The van der Waals surface area contributed by atoms with E-state index in [1.807, 2.05) is 26.8 Å². The number of pyridine rings is 1. The van der Waals surface area contributed by atoms with Crippen LogP contribution in [0.1, 0.15) is 40.3 Å². The summed E-state index contributed by atoms with van der Waals surface area (Å²) in [6, 6.07) is 10.4. The molecule has 0 saturated carbocycles. The SMILES string of the molecule is CC(C)CNCc1cc2ccccc2c(OC(C)(C)C)n1. The van der Waals surface area contributed by atoms with Gasteiger partial charge in [0.2, 0.25) is 5.88 Å². The molecule has 0 spiro atoms. The van der Waals surface area contributed by atoms with E-state index < -0.39 is 0 Å². The van der Waals surface area contributed by atoms with Crippen LogP contribution in [0, 0.1) is 5.92 Å². The maximum atomic E-state index is 6.04. The minimum Gasteiger partial charge on any atom is -0.471 e. The molecule has 0 amide bonds. The van der Waals surface area contributed by atoms with E-state index >= 15 is 0 Å². The smallest absolute Gasteiger partial charge is 0.222 e. The summed E-state index contributed by atoms with van der Waals surface area (Å²) >= 11 is 0. The van der Waals surface area contributed by atoms with Crippen molar-refractivity contribution < 1.29 is 4.74 Å². The van der Waals surface area contributed by atoms with Crippen LogP contribution in [0.4, 0.5) is 0 Å². The minimum atomic E-state index is -0.250. The second kappa shape index (κ2) is 6.44. The standard InChI is InChI=1S/C18H26N2O/c1-13(2)11-19-12-15-10-14-8-6-7-9-16(14)17(20-15)21-18(3,4)5/h6-10,13,19H,11-12H2,1-5H3. The maximum absolute atomic E-state index is 6.04. The molecular weight excluding hydrogens is 260 g/mol. The molecule has 0 fully saturated rings. The molecule has 0 unspecified atom stereocenters. The Morgan fingerprint density at radius 3 is 2.57 bits per heavy atom. The van der Waals surface area contributed by atoms with Crippen LogP contribution in [0.25, 0.3) is 10.8 Å². The Kier molecular flexibility index (Phi) is 4.84. The fraction of sp³-hybridized carbons (Fsp3) is 0.500. The average molecular weight is 286 g/mol. The molecule has 21 heavy (non-hydrogen) atoms. The van der Waals surface area contributed by atoms with E-state index in [1.54, 1.807) is 0 Å². The second-order valence-corrected chi connectivity index (χ2v) is 6.88. The van der Waals surface area contributed by atoms with Gasteiger partial charge in [0.15, 0.2) is 0 Å². The first-order valence-corrected chi connectivity index (χ1v) is 7.63. The van der Waals surface area contributed by atoms with E-state index in [9.17, 15) is 0 Å². The number of hydrogen-bond donors (Lipinski definition) is 1. The van der Waals surface area contributed by atoms with Crippen molar-refractivity contribution in [1.29, 1.82) is 0 Å². The Labute approximate surface area is 127 Å². The van der Waals surface area contributed by atoms with Crippen molar-refractivity contribution in [3.8, 4) is 5.88 Å². The zero-order chi connectivity index (χ0) is 15.5. The zero-order valence-corrected chi connectivity index (χ0v) is 13.7. The molecule has 2 aromatic rings. The lowest BCUT2D eigenvalue weighted by atomic mass is 10.1. The topological polar surface area (TPSA) is 34.1 Å². The van der Waals surface area contributed by atoms with Crippen molar-refractivity contribution in [2.45, 2.75) is 46.8 Å². The van der Waals surface area contributed by atoms with Crippen LogP contribution in [-0.4, -0.2) is 17.1 Å². The molecule has 3 nitrogen and oxygen atoms in total. The van der Waals surface area contributed by atoms with Gasteiger partial charge in [-0.1, -0.05) is 32.0 Å². The number of rotatable bonds is 5. The van der Waals surface area contributed by atoms with Crippen molar-refractivity contribution in [3.05, 3.63) is 36.0 Å². The van der Waals surface area contributed by atoms with Crippen LogP contribution in [0.2, 0.25) is 0 Å². The van der Waals surface area contributed by atoms with E-state index in [4.69, 9.17) is 9.72 Å². The van der Waals surface area contributed by atoms with Gasteiger partial charge in [-0.15, -0.1) is 0 Å². The third-order valence-corrected chi connectivity index (χ3v) is 3.02. The first-order chi connectivity index (χ1) is 9.85. The van der Waals surface area contributed by atoms with Gasteiger partial charge < -0.3 is 10.1 Å². The average Bonchev–Trinajstić information content (AvgIpc) is 2.36. The molecule has 0 radical (unpaired) electrons. The van der Waals surface area contributed by atoms with Gasteiger partial charge in [0.05, 0.1) is 5.69 Å². The van der Waals surface area contributed by atoms with Gasteiger partial charge in [0.25, 0.3) is 0 Å². The number of nitrogens with zero attached hydrogens (tertiary/aromatic N) is 1. The number of nitrogens with one attached hydrogen (secondary N) is 1. The van der Waals surface area contributed by atoms with E-state index in [-0.39, 0.29) is 5.60 Å². The summed E-state index contributed by atoms with van der Waals surface area (Å²) in [6.45, 7) is 12.3. The molecule has 0 aliphatic carbocycles. The highest BCUT2D eigenvalue weighted by Gasteiger charge is 2.16. The van der Waals surface area contributed by atoms with Crippen molar-refractivity contribution in [1.82, 2.24) is 10.3 Å². The van der Waals surface area contributed by atoms with Gasteiger partial charge >= 0.3 is 0 Å². The monoisotopic (exact) mass is 286 g/mol. The Morgan fingerprint density at radius 1 is 1.19 bits per heavy atom. The zero-order valence-electron chi connectivity index (χ0n) is 13.7. The van der Waals surface area contributed by atoms with Crippen LogP contribution in [-0.2, 0) is 6.54 Å². The number of fused-ring (bicyclic) bond motifs is 1. The Hall–Kier alpha value is -1.61. The minimum absolute atomic E-state index is 0.250. The number of hydrogen-bond acceptors (Lipinski definition) is 3. The van der Waals surface area contributed by atoms with Gasteiger partial charge in [-0.05, 0) is 50.8 Å². The van der Waals surface area contributed by atoms with E-state index in [2.05, 4.69) is 43.4 Å². The Morgan fingerprint density at radius 2 is 1.90 bits per heavy atom. The Balaban J connectivity index is 2.30. The third kappa shape index (κ3) is 4.71. The summed E-state index contributed by atoms with van der Waals surface area (Å²) in [4.78, 5) is 4.70. The lowest BCUT2D eigenvalue weighted by Crippen LogP contribution is -2.24. The number of benzene rings is 1. The molecule has 0 bridgehead atoms. The van der Waals surface area contributed by atoms with E-state index in [1.165, 1.54) is 5.39 Å². The van der Waals surface area contributed by atoms with Crippen molar-refractivity contribution >= 4 is 10.8 Å². The molecule has 0 atom stereocenters. The normalized spacial score (nSPS) is 12.1. The summed E-state index contributed by atoms with van der Waals surface area (Å²) in [5, 5.41) is 5.68. The predicted octanol–water partition coefficient (Wildman–Crippen LogP) is 4.16. The molecule has 1 heterocycles. The maximum Gasteiger partial charge on any atom is 0.222 e. The fourth-order valence-corrected chi connectivity index (χ4v) is 2.17. The summed E-state index contributed by atoms with van der Waals surface area (Å²) in [5.41, 5.74) is 0.772. The highest BCUT2D eigenvalue weighted by Crippen LogP contribution is 2.27. The molecule has 0 aliphatic rings. The summed E-state index contributed by atoms with van der Waals surface area (Å²) in [7, 11) is 0. The van der Waals surface area contributed by atoms with Crippen LogP contribution in [0.5, 0.6) is 5.88 Å². The largest absolute Gasteiger partial charge is 0.471 e. The molecule has 3 heteroatoms. The fourth-order valence-electron chi connectivity index (χ4n) is 2.17. The van der Waals surface area contributed by atoms with Gasteiger partial charge in [-0.25, -0.2) is 4.98 Å². The van der Waals surface area contributed by atoms with Crippen LogP contribution in [0.3, 0.4) is 0 Å². The summed E-state index contributed by atoms with van der Waals surface area (Å²) < 4.78 is 6.04. The van der Waals surface area contributed by atoms with Crippen LogP contribution < -0.4 is 10.1 Å². The van der Waals surface area contributed by atoms with Gasteiger partial charge in [-0.3, -0.25) is 0 Å². The van der Waals surface area contributed by atoms with Crippen molar-refractivity contribution in [2.75, 3.05) is 6.54 Å². The van der Waals surface area contributed by atoms with Crippen molar-refractivity contribution in [2.24, 2.45) is 5.92 Å². The summed E-state index contributed by atoms with van der Waals surface area (Å²) in [6.07, 6.45) is 0. The van der Waals surface area contributed by atoms with Crippen LogP contribution >= 0.6 is 0 Å². The third-order valence-electron chi connectivity index (χ3n) is 3.02. The number of aromatic nitrogens is 1. The second-order valence-electron chi connectivity index (χ2n) is 6.88. The molecule has 0 saturated heterocycles. The van der Waals surface area contributed by atoms with E-state index in [0.29, 0.717) is 5.92 Å². The molecule has 0 aliphatic heterocycles. The Bertz CT molecular complexity index is 600. The molecule has 1 aromatic carbocycles. The highest BCUT2D eigenvalue weighted by molar-refractivity contribution is 5.87. The quantitative estimate of drug-likeness (QED) is 0.896. The molecule has 2 rings (SSSR count). The van der Waals surface area contributed by atoms with Gasteiger partial charge in [-0.2, -0.15) is 0 Å². The first-order valence-electron chi connectivity index (χ1n) is 7.63.